The molecule has 0 atom stereocenters. The number of halogens is 1. The number of carbonyl (C=O) groups is 1. The maximum atomic E-state index is 12.4. The van der Waals surface area contributed by atoms with Crippen LogP contribution in [0.2, 0.25) is 0 Å². The van der Waals surface area contributed by atoms with Gasteiger partial charge in [0, 0.05) is 21.0 Å². The first-order valence-corrected chi connectivity index (χ1v) is 10.6. The third-order valence-corrected chi connectivity index (χ3v) is 6.33. The number of aromatic nitrogens is 2. The Labute approximate surface area is 167 Å². The molecule has 0 aliphatic carbocycles. The van der Waals surface area contributed by atoms with Gasteiger partial charge in [-0.3, -0.25) is 4.79 Å². The lowest BCUT2D eigenvalue weighted by molar-refractivity contribution is 0.102. The van der Waals surface area contributed by atoms with Crippen LogP contribution in [-0.2, 0) is 0 Å². The number of carbonyl (C=O) groups excluding carboxylic acids is 1. The second kappa shape index (κ2) is 7.70. The van der Waals surface area contributed by atoms with Crippen LogP contribution >= 0.6 is 39.0 Å². The maximum Gasteiger partial charge on any atom is 0.173 e. The lowest BCUT2D eigenvalue weighted by Gasteiger charge is -2.05. The van der Waals surface area contributed by atoms with Crippen molar-refractivity contribution in [3.8, 4) is 11.1 Å². The minimum absolute atomic E-state index is 0.0998. The molecule has 0 unspecified atom stereocenters. The molecule has 0 fully saturated rings. The summed E-state index contributed by atoms with van der Waals surface area (Å²) in [5, 5.41) is 3.97. The Balaban J connectivity index is 1.66. The smallest absolute Gasteiger partial charge is 0.173 e. The summed E-state index contributed by atoms with van der Waals surface area (Å²) in [6.45, 7) is 0. The van der Waals surface area contributed by atoms with Crippen LogP contribution in [0.1, 0.15) is 10.4 Å². The first-order chi connectivity index (χ1) is 12.7. The van der Waals surface area contributed by atoms with E-state index in [1.807, 2.05) is 42.5 Å². The van der Waals surface area contributed by atoms with Crippen LogP contribution in [0.3, 0.4) is 0 Å². The first-order valence-electron chi connectivity index (χ1n) is 7.91. The fourth-order valence-corrected chi connectivity index (χ4v) is 4.79. The van der Waals surface area contributed by atoms with Crippen molar-refractivity contribution in [2.24, 2.45) is 0 Å². The molecule has 0 saturated heterocycles. The molecule has 0 bridgehead atoms. The van der Waals surface area contributed by atoms with Crippen LogP contribution in [-0.4, -0.2) is 21.5 Å². The highest BCUT2D eigenvalue weighted by Gasteiger charge is 2.15. The summed E-state index contributed by atoms with van der Waals surface area (Å²) in [7, 11) is 0. The van der Waals surface area contributed by atoms with Gasteiger partial charge in [-0.1, -0.05) is 70.2 Å². The molecule has 0 N–H and O–H groups in total. The number of hydrogen-bond acceptors (Lipinski definition) is 5. The molecule has 6 heteroatoms. The van der Waals surface area contributed by atoms with E-state index in [0.29, 0.717) is 5.75 Å². The highest BCUT2D eigenvalue weighted by atomic mass is 79.9. The zero-order chi connectivity index (χ0) is 17.9. The summed E-state index contributed by atoms with van der Waals surface area (Å²) in [6.07, 6.45) is 1.57. The van der Waals surface area contributed by atoms with Gasteiger partial charge in [-0.15, -0.1) is 11.3 Å². The van der Waals surface area contributed by atoms with Crippen molar-refractivity contribution < 1.29 is 4.79 Å². The van der Waals surface area contributed by atoms with Crippen molar-refractivity contribution in [3.63, 3.8) is 0 Å². The Kier molecular flexibility index (Phi) is 5.15. The molecule has 4 rings (SSSR count). The van der Waals surface area contributed by atoms with Gasteiger partial charge in [-0.25, -0.2) is 9.97 Å². The second-order valence-corrected chi connectivity index (χ2v) is 8.33. The Morgan fingerprint density at radius 3 is 2.58 bits per heavy atom. The number of thiophene rings is 1. The predicted octanol–water partition coefficient (Wildman–Crippen LogP) is 6.10. The van der Waals surface area contributed by atoms with Gasteiger partial charge in [0.25, 0.3) is 0 Å². The molecule has 2 heterocycles. The first kappa shape index (κ1) is 17.4. The highest BCUT2D eigenvalue weighted by molar-refractivity contribution is 9.10. The molecule has 2 aromatic heterocycles. The summed E-state index contributed by atoms with van der Waals surface area (Å²) >= 11 is 6.54. The topological polar surface area (TPSA) is 42.9 Å². The average molecular weight is 441 g/mol. The van der Waals surface area contributed by atoms with E-state index in [4.69, 9.17) is 0 Å². The van der Waals surface area contributed by atoms with Gasteiger partial charge in [0.15, 0.2) is 5.78 Å². The molecular formula is C20H13BrN2OS2. The van der Waals surface area contributed by atoms with Crippen LogP contribution in [0.25, 0.3) is 21.3 Å². The standard InChI is InChI=1S/C20H13BrN2OS2/c21-15-8-6-13(7-9-15)16-10-25-19-18(16)20(23-12-22-19)26-11-17(24)14-4-2-1-3-5-14/h1-10,12H,11H2. The number of rotatable bonds is 5. The van der Waals surface area contributed by atoms with Crippen molar-refractivity contribution in [2.75, 3.05) is 5.75 Å². The van der Waals surface area contributed by atoms with E-state index in [1.165, 1.54) is 11.8 Å². The molecule has 0 spiro atoms. The third kappa shape index (κ3) is 3.58. The molecule has 0 aliphatic heterocycles. The fourth-order valence-electron chi connectivity index (χ4n) is 2.64. The molecule has 0 saturated carbocycles. The summed E-state index contributed by atoms with van der Waals surface area (Å²) < 4.78 is 1.04. The number of thioether (sulfide) groups is 1. The van der Waals surface area contributed by atoms with Gasteiger partial charge in [-0.2, -0.15) is 0 Å². The van der Waals surface area contributed by atoms with E-state index in [-0.39, 0.29) is 5.78 Å². The highest BCUT2D eigenvalue weighted by Crippen LogP contribution is 2.38. The largest absolute Gasteiger partial charge is 0.293 e. The number of benzene rings is 2. The molecule has 4 aromatic rings. The van der Waals surface area contributed by atoms with E-state index < -0.39 is 0 Å². The fraction of sp³-hybridized carbons (Fsp3) is 0.0500. The third-order valence-electron chi connectivity index (χ3n) is 3.93. The number of fused-ring (bicyclic) bond motifs is 1. The Bertz CT molecular complexity index is 1060. The van der Waals surface area contributed by atoms with Gasteiger partial charge >= 0.3 is 0 Å². The number of nitrogens with zero attached hydrogens (tertiary/aromatic N) is 2. The summed E-state index contributed by atoms with van der Waals surface area (Å²) in [6, 6.07) is 17.5. The number of ketones is 1. The predicted molar refractivity (Wildman–Crippen MR) is 112 cm³/mol. The molecule has 3 nitrogen and oxygen atoms in total. The van der Waals surface area contributed by atoms with E-state index in [2.05, 4.69) is 43.4 Å². The van der Waals surface area contributed by atoms with Crippen LogP contribution in [0, 0.1) is 0 Å². The SMILES string of the molecule is O=C(CSc1ncnc2scc(-c3ccc(Br)cc3)c12)c1ccccc1. The van der Waals surface area contributed by atoms with Gasteiger partial charge in [0.05, 0.1) is 11.1 Å². The molecular weight excluding hydrogens is 428 g/mol. The van der Waals surface area contributed by atoms with E-state index >= 15 is 0 Å². The van der Waals surface area contributed by atoms with Crippen LogP contribution in [0.4, 0.5) is 0 Å². The van der Waals surface area contributed by atoms with Gasteiger partial charge < -0.3 is 0 Å². The molecule has 128 valence electrons. The van der Waals surface area contributed by atoms with Crippen molar-refractivity contribution in [2.45, 2.75) is 5.03 Å². The molecule has 0 aliphatic rings. The Morgan fingerprint density at radius 2 is 1.81 bits per heavy atom. The number of hydrogen-bond donors (Lipinski definition) is 0. The monoisotopic (exact) mass is 440 g/mol. The lowest BCUT2D eigenvalue weighted by atomic mass is 10.1. The van der Waals surface area contributed by atoms with E-state index in [1.54, 1.807) is 17.7 Å². The van der Waals surface area contributed by atoms with Crippen molar-refractivity contribution in [3.05, 3.63) is 76.3 Å². The summed E-state index contributed by atoms with van der Waals surface area (Å²) in [4.78, 5) is 22.2. The van der Waals surface area contributed by atoms with Crippen LogP contribution < -0.4 is 0 Å². The molecule has 0 radical (unpaired) electrons. The number of Topliss-reactive ketones (excluding diaryl/α,β-unsaturated/α-hetero) is 1. The average Bonchev–Trinajstić information content (AvgIpc) is 3.12. The molecule has 2 aromatic carbocycles. The van der Waals surface area contributed by atoms with Crippen molar-refractivity contribution >= 4 is 55.0 Å². The molecule has 26 heavy (non-hydrogen) atoms. The van der Waals surface area contributed by atoms with Crippen LogP contribution in [0.15, 0.2) is 75.8 Å². The Morgan fingerprint density at radius 1 is 1.04 bits per heavy atom. The molecule has 0 amide bonds. The zero-order valence-electron chi connectivity index (χ0n) is 13.6. The van der Waals surface area contributed by atoms with Crippen LogP contribution in [0.5, 0.6) is 0 Å². The maximum absolute atomic E-state index is 12.4. The minimum atomic E-state index is 0.0998. The van der Waals surface area contributed by atoms with E-state index in [9.17, 15) is 4.79 Å². The van der Waals surface area contributed by atoms with Crippen molar-refractivity contribution in [1.82, 2.24) is 9.97 Å². The van der Waals surface area contributed by atoms with Gasteiger partial charge in [-0.05, 0) is 17.7 Å². The summed E-state index contributed by atoms with van der Waals surface area (Å²) in [5.74, 6) is 0.453. The van der Waals surface area contributed by atoms with E-state index in [0.717, 1.165) is 36.4 Å². The zero-order valence-corrected chi connectivity index (χ0v) is 16.8. The van der Waals surface area contributed by atoms with Gasteiger partial charge in [0.2, 0.25) is 0 Å². The minimum Gasteiger partial charge on any atom is -0.293 e. The quantitative estimate of drug-likeness (QED) is 0.213. The summed E-state index contributed by atoms with van der Waals surface area (Å²) in [5.41, 5.74) is 2.95. The normalized spacial score (nSPS) is 11.0. The van der Waals surface area contributed by atoms with Gasteiger partial charge in [0.1, 0.15) is 16.2 Å². The second-order valence-electron chi connectivity index (χ2n) is 5.59. The Hall–Kier alpha value is -2.02. The van der Waals surface area contributed by atoms with Crippen molar-refractivity contribution in [1.29, 1.82) is 0 Å². The lowest BCUT2D eigenvalue weighted by Crippen LogP contribution is -2.02.